The highest BCUT2D eigenvalue weighted by atomic mass is 16.5. The lowest BCUT2D eigenvalue weighted by molar-refractivity contribution is -0.117. The van der Waals surface area contributed by atoms with E-state index in [2.05, 4.69) is 24.9 Å². The number of anilines is 1. The average molecular weight is 261 g/mol. The fraction of sp³-hybridized carbons (Fsp3) is 0.417. The lowest BCUT2D eigenvalue weighted by atomic mass is 10.3. The average Bonchev–Trinajstić information content (AvgIpc) is 2.97. The molecular formula is C12H15N5O2. The predicted molar refractivity (Wildman–Crippen MR) is 67.4 cm³/mol. The quantitative estimate of drug-likeness (QED) is 0.877. The molecule has 0 aliphatic carbocycles. The van der Waals surface area contributed by atoms with Crippen molar-refractivity contribution in [3.8, 4) is 0 Å². The molecule has 100 valence electrons. The maximum absolute atomic E-state index is 11.9. The third-order valence-corrected chi connectivity index (χ3v) is 3.08. The second-order valence-electron chi connectivity index (χ2n) is 4.63. The Morgan fingerprint density at radius 2 is 2.42 bits per heavy atom. The van der Waals surface area contributed by atoms with Crippen LogP contribution in [0.2, 0.25) is 0 Å². The van der Waals surface area contributed by atoms with Crippen LogP contribution in [0.3, 0.4) is 0 Å². The fourth-order valence-corrected chi connectivity index (χ4v) is 2.16. The van der Waals surface area contributed by atoms with Gasteiger partial charge in [-0.1, -0.05) is 5.16 Å². The summed E-state index contributed by atoms with van der Waals surface area (Å²) < 4.78 is 7.06. The molecule has 7 nitrogen and oxygen atoms in total. The van der Waals surface area contributed by atoms with Gasteiger partial charge in [0.15, 0.2) is 0 Å². The van der Waals surface area contributed by atoms with Crippen molar-refractivity contribution in [1.29, 1.82) is 0 Å². The molecule has 0 fully saturated rings. The van der Waals surface area contributed by atoms with Gasteiger partial charge in [-0.15, -0.1) is 0 Å². The number of hydrogen-bond donors (Lipinski definition) is 1. The monoisotopic (exact) mass is 261 g/mol. The van der Waals surface area contributed by atoms with Crippen molar-refractivity contribution in [2.45, 2.75) is 20.0 Å². The van der Waals surface area contributed by atoms with Gasteiger partial charge in [0, 0.05) is 31.5 Å². The number of rotatable bonds is 3. The second-order valence-corrected chi connectivity index (χ2v) is 4.63. The molecule has 0 bridgehead atoms. The van der Waals surface area contributed by atoms with Crippen molar-refractivity contribution < 1.29 is 9.32 Å². The van der Waals surface area contributed by atoms with Gasteiger partial charge in [0.1, 0.15) is 5.82 Å². The highest BCUT2D eigenvalue weighted by Crippen LogP contribution is 2.11. The number of nitrogens with zero attached hydrogens (tertiary/aromatic N) is 4. The standard InChI is InChI=1S/C12H15N5O2/c1-9-6-12(19-15-9)14-11(18)8-16-4-5-17-3-2-13-10(17)7-16/h2-3,6H,4-5,7-8H2,1H3,(H,14,18). The van der Waals surface area contributed by atoms with E-state index in [0.717, 1.165) is 24.6 Å². The molecule has 0 atom stereocenters. The molecule has 1 amide bonds. The van der Waals surface area contributed by atoms with Crippen molar-refractivity contribution in [2.24, 2.45) is 0 Å². The Balaban J connectivity index is 1.56. The smallest absolute Gasteiger partial charge is 0.240 e. The lowest BCUT2D eigenvalue weighted by Gasteiger charge is -2.26. The Hall–Kier alpha value is -2.15. The minimum Gasteiger partial charge on any atom is -0.338 e. The number of carbonyl (C=O) groups is 1. The van der Waals surface area contributed by atoms with Crippen molar-refractivity contribution in [3.05, 3.63) is 30.0 Å². The number of hydrogen-bond acceptors (Lipinski definition) is 5. The Labute approximate surface area is 110 Å². The Kier molecular flexibility index (Phi) is 3.04. The normalized spacial score (nSPS) is 15.2. The van der Waals surface area contributed by atoms with Crippen molar-refractivity contribution in [3.63, 3.8) is 0 Å². The van der Waals surface area contributed by atoms with Crippen LogP contribution in [0.15, 0.2) is 23.0 Å². The molecule has 1 aliphatic heterocycles. The zero-order valence-electron chi connectivity index (χ0n) is 10.7. The summed E-state index contributed by atoms with van der Waals surface area (Å²) in [5.74, 6) is 1.28. The van der Waals surface area contributed by atoms with E-state index in [4.69, 9.17) is 4.52 Å². The van der Waals surface area contributed by atoms with E-state index >= 15 is 0 Å². The Bertz CT molecular complexity index is 588. The number of amides is 1. The van der Waals surface area contributed by atoms with Crippen LogP contribution in [-0.4, -0.2) is 38.6 Å². The zero-order valence-corrected chi connectivity index (χ0v) is 10.7. The minimum atomic E-state index is -0.101. The number of aryl methyl sites for hydroxylation is 1. The van der Waals surface area contributed by atoms with Crippen LogP contribution in [0.5, 0.6) is 0 Å². The molecule has 1 aliphatic rings. The molecule has 2 aromatic heterocycles. The molecule has 2 aromatic rings. The van der Waals surface area contributed by atoms with Crippen LogP contribution in [-0.2, 0) is 17.9 Å². The molecule has 0 saturated heterocycles. The van der Waals surface area contributed by atoms with E-state index in [9.17, 15) is 4.79 Å². The largest absolute Gasteiger partial charge is 0.338 e. The van der Waals surface area contributed by atoms with E-state index in [1.807, 2.05) is 13.1 Å². The molecular weight excluding hydrogens is 246 g/mol. The first-order chi connectivity index (χ1) is 9.20. The molecule has 19 heavy (non-hydrogen) atoms. The van der Waals surface area contributed by atoms with E-state index in [1.165, 1.54) is 0 Å². The molecule has 0 spiro atoms. The van der Waals surface area contributed by atoms with Gasteiger partial charge in [-0.2, -0.15) is 0 Å². The van der Waals surface area contributed by atoms with Gasteiger partial charge in [-0.05, 0) is 6.92 Å². The molecule has 0 radical (unpaired) electrons. The van der Waals surface area contributed by atoms with Gasteiger partial charge in [0.25, 0.3) is 0 Å². The van der Waals surface area contributed by atoms with Crippen LogP contribution in [0, 0.1) is 6.92 Å². The van der Waals surface area contributed by atoms with Crippen molar-refractivity contribution in [2.75, 3.05) is 18.4 Å². The third kappa shape index (κ3) is 2.65. The van der Waals surface area contributed by atoms with E-state index in [1.54, 1.807) is 12.3 Å². The number of aromatic nitrogens is 3. The molecule has 3 rings (SSSR count). The van der Waals surface area contributed by atoms with Crippen LogP contribution in [0.25, 0.3) is 0 Å². The zero-order chi connectivity index (χ0) is 13.2. The van der Waals surface area contributed by atoms with Gasteiger partial charge >= 0.3 is 0 Å². The topological polar surface area (TPSA) is 76.2 Å². The first-order valence-corrected chi connectivity index (χ1v) is 6.16. The van der Waals surface area contributed by atoms with Gasteiger partial charge in [0.05, 0.1) is 18.8 Å². The van der Waals surface area contributed by atoms with Gasteiger partial charge < -0.3 is 9.09 Å². The summed E-state index contributed by atoms with van der Waals surface area (Å²) in [4.78, 5) is 18.2. The molecule has 1 N–H and O–H groups in total. The summed E-state index contributed by atoms with van der Waals surface area (Å²) in [7, 11) is 0. The first-order valence-electron chi connectivity index (χ1n) is 6.16. The molecule has 0 unspecified atom stereocenters. The van der Waals surface area contributed by atoms with E-state index in [-0.39, 0.29) is 5.91 Å². The van der Waals surface area contributed by atoms with Crippen LogP contribution in [0.1, 0.15) is 11.5 Å². The summed E-state index contributed by atoms with van der Waals surface area (Å²) >= 11 is 0. The highest BCUT2D eigenvalue weighted by Gasteiger charge is 2.19. The molecule has 0 aromatic carbocycles. The Morgan fingerprint density at radius 3 is 3.21 bits per heavy atom. The van der Waals surface area contributed by atoms with Crippen molar-refractivity contribution >= 4 is 11.8 Å². The van der Waals surface area contributed by atoms with E-state index < -0.39 is 0 Å². The summed E-state index contributed by atoms with van der Waals surface area (Å²) in [5.41, 5.74) is 0.746. The summed E-state index contributed by atoms with van der Waals surface area (Å²) in [6, 6.07) is 1.70. The number of imidazole rings is 1. The van der Waals surface area contributed by atoms with Crippen LogP contribution >= 0.6 is 0 Å². The second kappa shape index (κ2) is 4.85. The molecule has 0 saturated carbocycles. The summed E-state index contributed by atoms with van der Waals surface area (Å²) in [5, 5.41) is 6.41. The highest BCUT2D eigenvalue weighted by molar-refractivity contribution is 5.90. The van der Waals surface area contributed by atoms with Gasteiger partial charge in [-0.25, -0.2) is 4.98 Å². The minimum absolute atomic E-state index is 0.101. The number of carbonyl (C=O) groups excluding carboxylic acids is 1. The summed E-state index contributed by atoms with van der Waals surface area (Å²) in [6.45, 7) is 4.53. The van der Waals surface area contributed by atoms with Gasteiger partial charge in [-0.3, -0.25) is 15.0 Å². The van der Waals surface area contributed by atoms with E-state index in [0.29, 0.717) is 19.0 Å². The SMILES string of the molecule is Cc1cc(NC(=O)CN2CCn3ccnc3C2)on1. The Morgan fingerprint density at radius 1 is 1.53 bits per heavy atom. The number of nitrogens with one attached hydrogen (secondary N) is 1. The first kappa shape index (κ1) is 11.9. The van der Waals surface area contributed by atoms with Crippen molar-refractivity contribution in [1.82, 2.24) is 19.6 Å². The number of fused-ring (bicyclic) bond motifs is 1. The predicted octanol–water partition coefficient (Wildman–Crippen LogP) is 0.634. The summed E-state index contributed by atoms with van der Waals surface area (Å²) in [6.07, 6.45) is 3.75. The lowest BCUT2D eigenvalue weighted by Crippen LogP contribution is -2.39. The third-order valence-electron chi connectivity index (χ3n) is 3.08. The molecule has 3 heterocycles. The maximum Gasteiger partial charge on any atom is 0.240 e. The fourth-order valence-electron chi connectivity index (χ4n) is 2.16. The van der Waals surface area contributed by atoms with Crippen LogP contribution in [0.4, 0.5) is 5.88 Å². The van der Waals surface area contributed by atoms with Gasteiger partial charge in [0.2, 0.25) is 11.8 Å². The molecule has 7 heteroatoms. The van der Waals surface area contributed by atoms with Crippen LogP contribution < -0.4 is 5.32 Å². The maximum atomic E-state index is 11.9.